The Morgan fingerprint density at radius 2 is 1.81 bits per heavy atom. The number of carboxylic acids is 2. The van der Waals surface area contributed by atoms with E-state index in [4.69, 9.17) is 10.2 Å². The molecule has 90 valence electrons. The van der Waals surface area contributed by atoms with Crippen molar-refractivity contribution in [2.75, 3.05) is 0 Å². The van der Waals surface area contributed by atoms with Gasteiger partial charge in [-0.05, 0) is 0 Å². The van der Waals surface area contributed by atoms with Gasteiger partial charge in [0.2, 0.25) is 5.25 Å². The first-order valence-electron chi connectivity index (χ1n) is 3.75. The number of rotatable bonds is 6. The summed E-state index contributed by atoms with van der Waals surface area (Å²) in [6.07, 6.45) is -0.695. The molecule has 0 aliphatic heterocycles. The first-order chi connectivity index (χ1) is 7.20. The molecule has 0 rings (SSSR count). The Morgan fingerprint density at radius 1 is 1.31 bits per heavy atom. The molecule has 0 radical (unpaired) electrons. The summed E-state index contributed by atoms with van der Waals surface area (Å²) in [6, 6.07) is 0. The first-order valence-corrected chi connectivity index (χ1v) is 5.22. The van der Waals surface area contributed by atoms with Gasteiger partial charge >= 0.3 is 28.0 Å². The van der Waals surface area contributed by atoms with E-state index in [2.05, 4.69) is 10.8 Å². The van der Waals surface area contributed by atoms with Crippen LogP contribution in [0.1, 0.15) is 6.42 Å². The molecule has 0 saturated heterocycles. The highest BCUT2D eigenvalue weighted by atomic mass is 32.2. The Hall–Kier alpha value is -1.90. The number of hydrogen-bond donors (Lipinski definition) is 2. The maximum Gasteiger partial charge on any atom is 0.345 e. The van der Waals surface area contributed by atoms with E-state index in [1.165, 1.54) is 0 Å². The van der Waals surface area contributed by atoms with Crippen molar-refractivity contribution in [1.82, 2.24) is 0 Å². The van der Waals surface area contributed by atoms with Gasteiger partial charge in [-0.1, -0.05) is 6.58 Å². The summed E-state index contributed by atoms with van der Waals surface area (Å²) < 4.78 is 26.1. The molecule has 0 saturated carbocycles. The van der Waals surface area contributed by atoms with E-state index < -0.39 is 39.7 Å². The molecule has 0 aromatic carbocycles. The third-order valence-electron chi connectivity index (χ3n) is 1.35. The van der Waals surface area contributed by atoms with E-state index in [9.17, 15) is 22.8 Å². The van der Waals surface area contributed by atoms with E-state index in [1.54, 1.807) is 0 Å². The number of hydrogen-bond acceptors (Lipinski definition) is 6. The summed E-state index contributed by atoms with van der Waals surface area (Å²) in [5.41, 5.74) is 0. The van der Waals surface area contributed by atoms with Crippen molar-refractivity contribution in [2.45, 2.75) is 11.7 Å². The fourth-order valence-electron chi connectivity index (χ4n) is 0.678. The van der Waals surface area contributed by atoms with Crippen molar-refractivity contribution in [3.8, 4) is 0 Å². The Morgan fingerprint density at radius 3 is 2.12 bits per heavy atom. The summed E-state index contributed by atoms with van der Waals surface area (Å²) in [7, 11) is -4.83. The molecule has 0 spiro atoms. The SMILES string of the molecule is C=CC(=O)OS(=O)(=O)C(CC(=O)O)C(=O)O. The highest BCUT2D eigenvalue weighted by Gasteiger charge is 2.37. The maximum absolute atomic E-state index is 11.1. The van der Waals surface area contributed by atoms with E-state index >= 15 is 0 Å². The zero-order valence-corrected chi connectivity index (χ0v) is 8.64. The van der Waals surface area contributed by atoms with Crippen LogP contribution in [-0.2, 0) is 28.7 Å². The van der Waals surface area contributed by atoms with Crippen LogP contribution in [-0.4, -0.2) is 41.8 Å². The zero-order chi connectivity index (χ0) is 12.9. The molecule has 8 nitrogen and oxygen atoms in total. The monoisotopic (exact) mass is 252 g/mol. The maximum atomic E-state index is 11.1. The summed E-state index contributed by atoms with van der Waals surface area (Å²) >= 11 is 0. The van der Waals surface area contributed by atoms with Crippen molar-refractivity contribution in [3.05, 3.63) is 12.7 Å². The number of carbonyl (C=O) groups excluding carboxylic acids is 1. The predicted molar refractivity (Wildman–Crippen MR) is 48.9 cm³/mol. The Kier molecular flexibility index (Phi) is 4.63. The minimum atomic E-state index is -4.83. The van der Waals surface area contributed by atoms with Crippen LogP contribution in [0.2, 0.25) is 0 Å². The molecule has 0 aliphatic carbocycles. The van der Waals surface area contributed by atoms with Crippen LogP contribution in [0, 0.1) is 0 Å². The second-order valence-electron chi connectivity index (χ2n) is 2.52. The zero-order valence-electron chi connectivity index (χ0n) is 7.82. The van der Waals surface area contributed by atoms with Crippen molar-refractivity contribution < 1.29 is 37.2 Å². The number of aliphatic carboxylic acids is 2. The first kappa shape index (κ1) is 14.1. The van der Waals surface area contributed by atoms with Crippen LogP contribution < -0.4 is 0 Å². The van der Waals surface area contributed by atoms with Gasteiger partial charge in [0.05, 0.1) is 6.42 Å². The third-order valence-corrected chi connectivity index (χ3v) is 2.81. The van der Waals surface area contributed by atoms with Gasteiger partial charge in [0, 0.05) is 6.08 Å². The second-order valence-corrected chi connectivity index (χ2v) is 4.25. The van der Waals surface area contributed by atoms with Gasteiger partial charge < -0.3 is 14.4 Å². The second kappa shape index (κ2) is 5.26. The lowest BCUT2D eigenvalue weighted by atomic mass is 10.3. The quantitative estimate of drug-likeness (QED) is 0.452. The van der Waals surface area contributed by atoms with Crippen molar-refractivity contribution in [3.63, 3.8) is 0 Å². The van der Waals surface area contributed by atoms with Crippen LogP contribution >= 0.6 is 0 Å². The Labute approximate surface area is 90.3 Å². The molecule has 0 fully saturated rings. The summed E-state index contributed by atoms with van der Waals surface area (Å²) in [5.74, 6) is -4.94. The van der Waals surface area contributed by atoms with Gasteiger partial charge in [-0.25, -0.2) is 4.79 Å². The summed E-state index contributed by atoms with van der Waals surface area (Å²) in [5, 5.41) is 14.4. The lowest BCUT2D eigenvalue weighted by molar-refractivity contribution is -0.143. The van der Waals surface area contributed by atoms with Gasteiger partial charge in [-0.3, -0.25) is 9.59 Å². The highest BCUT2D eigenvalue weighted by molar-refractivity contribution is 7.88. The van der Waals surface area contributed by atoms with Crippen LogP contribution in [0.5, 0.6) is 0 Å². The van der Waals surface area contributed by atoms with E-state index in [0.29, 0.717) is 6.08 Å². The fraction of sp³-hybridized carbons (Fsp3) is 0.286. The molecule has 0 aromatic rings. The standard InChI is InChI=1S/C7H8O8S/c1-2-6(10)15-16(13,14)4(7(11)12)3-5(8)9/h2,4H,1,3H2,(H,8,9)(H,11,12). The van der Waals surface area contributed by atoms with Gasteiger partial charge in [-0.2, -0.15) is 8.42 Å². The highest BCUT2D eigenvalue weighted by Crippen LogP contribution is 2.10. The van der Waals surface area contributed by atoms with E-state index in [-0.39, 0.29) is 0 Å². The van der Waals surface area contributed by atoms with Crippen LogP contribution in [0.25, 0.3) is 0 Å². The van der Waals surface area contributed by atoms with Gasteiger partial charge in [0.15, 0.2) is 0 Å². The molecule has 0 amide bonds. The molecule has 2 N–H and O–H groups in total. The molecular weight excluding hydrogens is 244 g/mol. The minimum Gasteiger partial charge on any atom is -0.481 e. The molecule has 0 bridgehead atoms. The van der Waals surface area contributed by atoms with Crippen LogP contribution in [0.4, 0.5) is 0 Å². The normalized spacial score (nSPS) is 12.5. The summed E-state index contributed by atoms with van der Waals surface area (Å²) in [4.78, 5) is 31.3. The van der Waals surface area contributed by atoms with Crippen molar-refractivity contribution >= 4 is 28.0 Å². The molecular formula is C7H8O8S. The largest absolute Gasteiger partial charge is 0.481 e. The van der Waals surface area contributed by atoms with E-state index in [0.717, 1.165) is 0 Å². The number of carbonyl (C=O) groups is 3. The summed E-state index contributed by atoms with van der Waals surface area (Å²) in [6.45, 7) is 2.91. The Balaban J connectivity index is 5.05. The lowest BCUT2D eigenvalue weighted by Gasteiger charge is -2.09. The number of carboxylic acid groups (broad SMARTS) is 2. The topological polar surface area (TPSA) is 135 Å². The Bertz CT molecular complexity index is 420. The third kappa shape index (κ3) is 4.09. The van der Waals surface area contributed by atoms with Gasteiger partial charge in [-0.15, -0.1) is 0 Å². The fourth-order valence-corrected chi connectivity index (χ4v) is 1.68. The molecule has 1 atom stereocenters. The average Bonchev–Trinajstić information content (AvgIpc) is 2.12. The lowest BCUT2D eigenvalue weighted by Crippen LogP contribution is -2.34. The molecule has 0 heterocycles. The molecule has 16 heavy (non-hydrogen) atoms. The predicted octanol–water partition coefficient (Wildman–Crippen LogP) is -1.03. The smallest absolute Gasteiger partial charge is 0.345 e. The van der Waals surface area contributed by atoms with Crippen LogP contribution in [0.3, 0.4) is 0 Å². The molecule has 9 heteroatoms. The van der Waals surface area contributed by atoms with Crippen LogP contribution in [0.15, 0.2) is 12.7 Å². The van der Waals surface area contributed by atoms with Crippen molar-refractivity contribution in [2.24, 2.45) is 0 Å². The molecule has 1 unspecified atom stereocenters. The minimum absolute atomic E-state index is 0.511. The van der Waals surface area contributed by atoms with Gasteiger partial charge in [0.25, 0.3) is 0 Å². The molecule has 0 aliphatic rings. The molecule has 0 aromatic heterocycles. The average molecular weight is 252 g/mol. The van der Waals surface area contributed by atoms with E-state index in [1.807, 2.05) is 0 Å². The van der Waals surface area contributed by atoms with Crippen molar-refractivity contribution in [1.29, 1.82) is 0 Å². The van der Waals surface area contributed by atoms with Gasteiger partial charge in [0.1, 0.15) is 0 Å².